The van der Waals surface area contributed by atoms with Gasteiger partial charge in [-0.25, -0.2) is 4.18 Å². The predicted octanol–water partition coefficient (Wildman–Crippen LogP) is 5.22. The quantitative estimate of drug-likeness (QED) is 0.150. The summed E-state index contributed by atoms with van der Waals surface area (Å²) < 4.78 is 39.0. The average Bonchev–Trinajstić information content (AvgIpc) is 2.65. The monoisotopic (exact) mass is 422 g/mol. The van der Waals surface area contributed by atoms with Gasteiger partial charge in [0.15, 0.2) is 0 Å². The van der Waals surface area contributed by atoms with Gasteiger partial charge in [0, 0.05) is 6.61 Å². The number of allylic oxidation sites excluding steroid dienone is 2. The van der Waals surface area contributed by atoms with Crippen LogP contribution in [-0.4, -0.2) is 44.0 Å². The van der Waals surface area contributed by atoms with Gasteiger partial charge in [-0.1, -0.05) is 76.9 Å². The van der Waals surface area contributed by atoms with E-state index in [0.29, 0.717) is 6.61 Å². The third kappa shape index (κ3) is 21.8. The average molecular weight is 423 g/mol. The van der Waals surface area contributed by atoms with Gasteiger partial charge in [0.25, 0.3) is 0 Å². The fourth-order valence-electron chi connectivity index (χ4n) is 2.91. The van der Waals surface area contributed by atoms with E-state index in [1.807, 2.05) is 0 Å². The predicted molar refractivity (Wildman–Crippen MR) is 114 cm³/mol. The smallest absolute Gasteiger partial charge is 0.394 e. The molecule has 0 radical (unpaired) electrons. The molecule has 1 atom stereocenters. The minimum Gasteiger partial charge on any atom is -0.394 e. The summed E-state index contributed by atoms with van der Waals surface area (Å²) in [5.41, 5.74) is 0. The molecule has 0 saturated heterocycles. The molecule has 2 N–H and O–H groups in total. The van der Waals surface area contributed by atoms with Gasteiger partial charge in [0.05, 0.1) is 13.2 Å². The number of aliphatic hydroxyl groups excluding tert-OH is 1. The second kappa shape index (κ2) is 19.8. The van der Waals surface area contributed by atoms with E-state index in [4.69, 9.17) is 14.4 Å². The van der Waals surface area contributed by atoms with Crippen molar-refractivity contribution >= 4 is 10.4 Å². The van der Waals surface area contributed by atoms with Crippen LogP contribution in [0, 0.1) is 0 Å². The molecule has 0 aromatic carbocycles. The number of rotatable bonds is 21. The Hall–Kier alpha value is -0.470. The highest BCUT2D eigenvalue weighted by Gasteiger charge is 2.13. The number of aliphatic hydroxyl groups is 1. The fourth-order valence-corrected chi connectivity index (χ4v) is 3.24. The maximum Gasteiger partial charge on any atom is 0.397 e. The van der Waals surface area contributed by atoms with E-state index < -0.39 is 16.5 Å². The lowest BCUT2D eigenvalue weighted by molar-refractivity contribution is -0.0156. The number of hydrogen-bond acceptors (Lipinski definition) is 5. The molecular weight excluding hydrogens is 380 g/mol. The molecule has 7 heteroatoms. The van der Waals surface area contributed by atoms with Crippen molar-refractivity contribution < 1.29 is 27.0 Å². The topological polar surface area (TPSA) is 93.1 Å². The van der Waals surface area contributed by atoms with Crippen LogP contribution in [0.15, 0.2) is 12.2 Å². The molecule has 28 heavy (non-hydrogen) atoms. The number of unbranched alkanes of at least 4 members (excludes halogenated alkanes) is 12. The molecule has 0 amide bonds. The Morgan fingerprint density at radius 1 is 0.821 bits per heavy atom. The molecule has 6 nitrogen and oxygen atoms in total. The van der Waals surface area contributed by atoms with Gasteiger partial charge in [-0.3, -0.25) is 4.55 Å². The van der Waals surface area contributed by atoms with Gasteiger partial charge in [0.1, 0.15) is 6.10 Å². The van der Waals surface area contributed by atoms with Crippen molar-refractivity contribution in [3.05, 3.63) is 12.2 Å². The van der Waals surface area contributed by atoms with Crippen molar-refractivity contribution in [2.24, 2.45) is 0 Å². The summed E-state index contributed by atoms with van der Waals surface area (Å²) in [6.07, 6.45) is 21.2. The standard InChI is InChI=1S/C21H42O6S/c1-2-3-4-5-6-7-8-9-10-11-12-13-14-15-16-17-18-26-21(19-22)20-27-28(23,24)25/h9-10,21-22H,2-8,11-20H2,1H3,(H,23,24,25)/b10-9-. The minimum absolute atomic E-state index is 0.345. The van der Waals surface area contributed by atoms with Gasteiger partial charge in [-0.15, -0.1) is 0 Å². The molecule has 1 unspecified atom stereocenters. The number of hydrogen-bond donors (Lipinski definition) is 2. The van der Waals surface area contributed by atoms with Gasteiger partial charge in [0.2, 0.25) is 0 Å². The van der Waals surface area contributed by atoms with E-state index in [0.717, 1.165) is 19.3 Å². The largest absolute Gasteiger partial charge is 0.397 e. The van der Waals surface area contributed by atoms with Crippen LogP contribution >= 0.6 is 0 Å². The summed E-state index contributed by atoms with van der Waals surface area (Å²) in [6.45, 7) is 1.98. The second-order valence-corrected chi connectivity index (χ2v) is 8.42. The first kappa shape index (κ1) is 27.5. The van der Waals surface area contributed by atoms with Crippen molar-refractivity contribution in [3.8, 4) is 0 Å². The summed E-state index contributed by atoms with van der Waals surface area (Å²) in [7, 11) is -4.49. The zero-order chi connectivity index (χ0) is 20.9. The van der Waals surface area contributed by atoms with E-state index in [-0.39, 0.29) is 13.2 Å². The van der Waals surface area contributed by atoms with Crippen molar-refractivity contribution in [2.45, 2.75) is 103 Å². The minimum atomic E-state index is -4.49. The van der Waals surface area contributed by atoms with Crippen LogP contribution in [0.2, 0.25) is 0 Å². The Balaban J connectivity index is 3.33. The molecule has 0 aliphatic carbocycles. The number of ether oxygens (including phenoxy) is 1. The van der Waals surface area contributed by atoms with Crippen LogP contribution in [-0.2, 0) is 19.3 Å². The van der Waals surface area contributed by atoms with Crippen molar-refractivity contribution in [3.63, 3.8) is 0 Å². The Kier molecular flexibility index (Phi) is 19.5. The molecule has 168 valence electrons. The second-order valence-electron chi connectivity index (χ2n) is 7.33. The highest BCUT2D eigenvalue weighted by molar-refractivity contribution is 7.80. The maximum atomic E-state index is 10.5. The van der Waals surface area contributed by atoms with Crippen LogP contribution in [0.25, 0.3) is 0 Å². The van der Waals surface area contributed by atoms with E-state index >= 15 is 0 Å². The van der Waals surface area contributed by atoms with Crippen LogP contribution in [0.5, 0.6) is 0 Å². The van der Waals surface area contributed by atoms with Gasteiger partial charge in [-0.2, -0.15) is 8.42 Å². The molecular formula is C21H42O6S. The highest BCUT2D eigenvalue weighted by Crippen LogP contribution is 2.10. The Bertz CT molecular complexity index is 450. The van der Waals surface area contributed by atoms with Gasteiger partial charge in [-0.05, 0) is 32.1 Å². The molecule has 0 aliphatic heterocycles. The lowest BCUT2D eigenvalue weighted by Gasteiger charge is -2.14. The highest BCUT2D eigenvalue weighted by atomic mass is 32.3. The fraction of sp³-hybridized carbons (Fsp3) is 0.905. The lowest BCUT2D eigenvalue weighted by Crippen LogP contribution is -2.26. The van der Waals surface area contributed by atoms with Crippen LogP contribution in [0.3, 0.4) is 0 Å². The van der Waals surface area contributed by atoms with Gasteiger partial charge < -0.3 is 9.84 Å². The van der Waals surface area contributed by atoms with Crippen molar-refractivity contribution in [1.29, 1.82) is 0 Å². The zero-order valence-electron chi connectivity index (χ0n) is 17.7. The van der Waals surface area contributed by atoms with Crippen molar-refractivity contribution in [2.75, 3.05) is 19.8 Å². The summed E-state index contributed by atoms with van der Waals surface area (Å²) in [6, 6.07) is 0. The molecule has 0 spiro atoms. The Labute approximate surface area is 172 Å². The summed E-state index contributed by atoms with van der Waals surface area (Å²) in [5, 5.41) is 9.07. The Morgan fingerprint density at radius 3 is 1.82 bits per heavy atom. The molecule has 0 aromatic heterocycles. The van der Waals surface area contributed by atoms with Crippen LogP contribution < -0.4 is 0 Å². The van der Waals surface area contributed by atoms with E-state index in [9.17, 15) is 8.42 Å². The first-order valence-electron chi connectivity index (χ1n) is 11.0. The maximum absolute atomic E-state index is 10.5. The molecule has 0 aliphatic rings. The van der Waals surface area contributed by atoms with E-state index in [1.54, 1.807) is 0 Å². The lowest BCUT2D eigenvalue weighted by atomic mass is 10.1. The Morgan fingerprint density at radius 2 is 1.32 bits per heavy atom. The molecule has 0 fully saturated rings. The summed E-state index contributed by atoms with van der Waals surface area (Å²) >= 11 is 0. The third-order valence-electron chi connectivity index (χ3n) is 4.62. The molecule has 0 rings (SSSR count). The van der Waals surface area contributed by atoms with Crippen LogP contribution in [0.1, 0.15) is 96.8 Å². The molecule has 0 aromatic rings. The normalized spacial score (nSPS) is 13.4. The first-order chi connectivity index (χ1) is 13.5. The summed E-state index contributed by atoms with van der Waals surface area (Å²) in [4.78, 5) is 0. The van der Waals surface area contributed by atoms with E-state index in [1.165, 1.54) is 70.6 Å². The summed E-state index contributed by atoms with van der Waals surface area (Å²) in [5.74, 6) is 0. The van der Waals surface area contributed by atoms with E-state index in [2.05, 4.69) is 23.3 Å². The molecule has 0 heterocycles. The zero-order valence-corrected chi connectivity index (χ0v) is 18.5. The molecule has 0 bridgehead atoms. The van der Waals surface area contributed by atoms with Gasteiger partial charge >= 0.3 is 10.4 Å². The van der Waals surface area contributed by atoms with Crippen molar-refractivity contribution in [1.82, 2.24) is 0 Å². The third-order valence-corrected chi connectivity index (χ3v) is 5.05. The van der Waals surface area contributed by atoms with Crippen LogP contribution in [0.4, 0.5) is 0 Å². The molecule has 0 saturated carbocycles. The SMILES string of the molecule is CCCCCCCC/C=C\CCCCCCCCOC(CO)COS(=O)(=O)O. The first-order valence-corrected chi connectivity index (χ1v) is 12.4.